The number of aromatic nitrogens is 2. The lowest BCUT2D eigenvalue weighted by molar-refractivity contribution is -0.150. The molecule has 0 saturated heterocycles. The Labute approximate surface area is 116 Å². The highest BCUT2D eigenvalue weighted by Crippen LogP contribution is 2.16. The van der Waals surface area contributed by atoms with E-state index < -0.39 is 24.8 Å². The molecule has 0 aliphatic heterocycles. The van der Waals surface area contributed by atoms with Gasteiger partial charge in [-0.1, -0.05) is 0 Å². The predicted molar refractivity (Wildman–Crippen MR) is 67.2 cm³/mol. The summed E-state index contributed by atoms with van der Waals surface area (Å²) in [7, 11) is 0. The molecule has 1 heterocycles. The molecule has 4 N–H and O–H groups in total. The van der Waals surface area contributed by atoms with Crippen LogP contribution in [0.4, 0.5) is 0 Å². The number of aliphatic hydroxyl groups excluding tert-OH is 4. The van der Waals surface area contributed by atoms with Gasteiger partial charge in [0.15, 0.2) is 12.6 Å². The molecule has 0 bridgehead atoms. The highest BCUT2D eigenvalue weighted by Gasteiger charge is 2.17. The van der Waals surface area contributed by atoms with Crippen molar-refractivity contribution in [2.24, 2.45) is 0 Å². The molecule has 20 heavy (non-hydrogen) atoms. The van der Waals surface area contributed by atoms with E-state index >= 15 is 0 Å². The molecule has 0 aliphatic carbocycles. The third-order valence-corrected chi connectivity index (χ3v) is 2.43. The van der Waals surface area contributed by atoms with Crippen molar-refractivity contribution >= 4 is 0 Å². The third-order valence-electron chi connectivity index (χ3n) is 2.43. The standard InChI is InChI=1S/C12H20N2O6/c1-7(5-15)19-11(17)9-3-14-10(4-13-9)12(18)20-8(2)6-16/h3-4,7-8,11-12,15-18H,5-6H2,1-2H3. The topological polar surface area (TPSA) is 125 Å². The Kier molecular flexibility index (Phi) is 6.93. The smallest absolute Gasteiger partial charge is 0.200 e. The van der Waals surface area contributed by atoms with Crippen molar-refractivity contribution in [3.63, 3.8) is 0 Å². The van der Waals surface area contributed by atoms with Gasteiger partial charge in [-0.15, -0.1) is 0 Å². The van der Waals surface area contributed by atoms with Gasteiger partial charge in [0, 0.05) is 0 Å². The normalized spacial score (nSPS) is 17.5. The van der Waals surface area contributed by atoms with Gasteiger partial charge in [0.05, 0.1) is 37.8 Å². The maximum Gasteiger partial charge on any atom is 0.200 e. The highest BCUT2D eigenvalue weighted by molar-refractivity contribution is 5.04. The van der Waals surface area contributed by atoms with E-state index in [0.29, 0.717) is 0 Å². The summed E-state index contributed by atoms with van der Waals surface area (Å²) in [4.78, 5) is 7.80. The van der Waals surface area contributed by atoms with Crippen molar-refractivity contribution in [3.05, 3.63) is 23.8 Å². The summed E-state index contributed by atoms with van der Waals surface area (Å²) >= 11 is 0. The first-order valence-electron chi connectivity index (χ1n) is 6.18. The predicted octanol–water partition coefficient (Wildman–Crippen LogP) is -0.747. The third kappa shape index (κ3) is 5.08. The molecule has 0 fully saturated rings. The van der Waals surface area contributed by atoms with Crippen LogP contribution >= 0.6 is 0 Å². The average Bonchev–Trinajstić information content (AvgIpc) is 2.46. The Balaban J connectivity index is 2.63. The van der Waals surface area contributed by atoms with E-state index in [1.807, 2.05) is 0 Å². The summed E-state index contributed by atoms with van der Waals surface area (Å²) in [5.41, 5.74) is 0.299. The van der Waals surface area contributed by atoms with Crippen LogP contribution < -0.4 is 0 Å². The zero-order valence-corrected chi connectivity index (χ0v) is 11.4. The van der Waals surface area contributed by atoms with E-state index in [2.05, 4.69) is 9.97 Å². The molecular weight excluding hydrogens is 268 g/mol. The summed E-state index contributed by atoms with van der Waals surface area (Å²) in [5.74, 6) is 0. The van der Waals surface area contributed by atoms with Gasteiger partial charge in [0.2, 0.25) is 0 Å². The summed E-state index contributed by atoms with van der Waals surface area (Å²) in [5, 5.41) is 37.0. The molecule has 0 saturated carbocycles. The lowest BCUT2D eigenvalue weighted by Gasteiger charge is -2.17. The number of aliphatic hydroxyl groups is 4. The zero-order chi connectivity index (χ0) is 15.1. The molecule has 0 spiro atoms. The molecule has 4 atom stereocenters. The molecule has 0 amide bonds. The fraction of sp³-hybridized carbons (Fsp3) is 0.667. The quantitative estimate of drug-likeness (QED) is 0.461. The van der Waals surface area contributed by atoms with Crippen molar-refractivity contribution in [1.82, 2.24) is 9.97 Å². The molecule has 1 rings (SSSR count). The van der Waals surface area contributed by atoms with Crippen LogP contribution in [0.1, 0.15) is 37.8 Å². The minimum Gasteiger partial charge on any atom is -0.394 e. The minimum atomic E-state index is -1.31. The van der Waals surface area contributed by atoms with Crippen LogP contribution in [0.2, 0.25) is 0 Å². The van der Waals surface area contributed by atoms with Gasteiger partial charge in [-0.25, -0.2) is 0 Å². The van der Waals surface area contributed by atoms with Crippen molar-refractivity contribution in [1.29, 1.82) is 0 Å². The summed E-state index contributed by atoms with van der Waals surface area (Å²) in [6.07, 6.45) is -1.22. The largest absolute Gasteiger partial charge is 0.394 e. The average molecular weight is 288 g/mol. The van der Waals surface area contributed by atoms with Crippen LogP contribution in [0.15, 0.2) is 12.4 Å². The van der Waals surface area contributed by atoms with Crippen molar-refractivity contribution in [2.75, 3.05) is 13.2 Å². The zero-order valence-electron chi connectivity index (χ0n) is 11.4. The van der Waals surface area contributed by atoms with E-state index in [1.54, 1.807) is 13.8 Å². The maximum absolute atomic E-state index is 9.67. The number of nitrogens with zero attached hydrogens (tertiary/aromatic N) is 2. The molecule has 1 aromatic rings. The Bertz CT molecular complexity index is 351. The van der Waals surface area contributed by atoms with E-state index in [0.717, 1.165) is 0 Å². The number of hydrogen-bond donors (Lipinski definition) is 4. The van der Waals surface area contributed by atoms with Gasteiger partial charge in [-0.05, 0) is 13.8 Å². The number of hydrogen-bond acceptors (Lipinski definition) is 8. The van der Waals surface area contributed by atoms with E-state index in [1.165, 1.54) is 12.4 Å². The van der Waals surface area contributed by atoms with Gasteiger partial charge in [-0.3, -0.25) is 9.97 Å². The van der Waals surface area contributed by atoms with Gasteiger partial charge in [-0.2, -0.15) is 0 Å². The molecular formula is C12H20N2O6. The van der Waals surface area contributed by atoms with E-state index in [4.69, 9.17) is 19.7 Å². The van der Waals surface area contributed by atoms with Crippen molar-refractivity contribution in [2.45, 2.75) is 38.6 Å². The van der Waals surface area contributed by atoms with Gasteiger partial charge >= 0.3 is 0 Å². The molecule has 4 unspecified atom stereocenters. The van der Waals surface area contributed by atoms with Crippen molar-refractivity contribution < 1.29 is 29.9 Å². The molecule has 1 aromatic heterocycles. The monoisotopic (exact) mass is 288 g/mol. The lowest BCUT2D eigenvalue weighted by Crippen LogP contribution is -2.19. The fourth-order valence-electron chi connectivity index (χ4n) is 1.27. The lowest BCUT2D eigenvalue weighted by atomic mass is 10.3. The molecule has 0 aliphatic rings. The second-order valence-corrected chi connectivity index (χ2v) is 4.33. The Hall–Kier alpha value is -1.16. The van der Waals surface area contributed by atoms with Gasteiger partial charge < -0.3 is 29.9 Å². The molecule has 8 nitrogen and oxygen atoms in total. The summed E-state index contributed by atoms with van der Waals surface area (Å²) < 4.78 is 10.1. The van der Waals surface area contributed by atoms with Crippen LogP contribution in [0.5, 0.6) is 0 Å². The Morgan fingerprint density at radius 2 is 1.25 bits per heavy atom. The second-order valence-electron chi connectivity index (χ2n) is 4.33. The van der Waals surface area contributed by atoms with Crippen LogP contribution in [0.25, 0.3) is 0 Å². The van der Waals surface area contributed by atoms with E-state index in [-0.39, 0.29) is 24.6 Å². The van der Waals surface area contributed by atoms with Crippen LogP contribution in [0, 0.1) is 0 Å². The Morgan fingerprint density at radius 1 is 0.900 bits per heavy atom. The fourth-order valence-corrected chi connectivity index (χ4v) is 1.27. The van der Waals surface area contributed by atoms with Gasteiger partial charge in [0.25, 0.3) is 0 Å². The molecule has 0 radical (unpaired) electrons. The second kappa shape index (κ2) is 8.20. The van der Waals surface area contributed by atoms with Gasteiger partial charge in [0.1, 0.15) is 11.4 Å². The number of rotatable bonds is 8. The minimum absolute atomic E-state index is 0.149. The summed E-state index contributed by atoms with van der Waals surface area (Å²) in [6.45, 7) is 2.74. The molecule has 114 valence electrons. The van der Waals surface area contributed by atoms with Crippen LogP contribution in [0.3, 0.4) is 0 Å². The first-order valence-corrected chi connectivity index (χ1v) is 6.18. The van der Waals surface area contributed by atoms with Crippen molar-refractivity contribution in [3.8, 4) is 0 Å². The first kappa shape index (κ1) is 16.9. The summed E-state index contributed by atoms with van der Waals surface area (Å²) in [6, 6.07) is 0. The highest BCUT2D eigenvalue weighted by atomic mass is 16.6. The maximum atomic E-state index is 9.67. The molecule has 8 heteroatoms. The van der Waals surface area contributed by atoms with E-state index in [9.17, 15) is 10.2 Å². The molecule has 0 aromatic carbocycles. The Morgan fingerprint density at radius 3 is 1.50 bits per heavy atom. The van der Waals surface area contributed by atoms with Crippen LogP contribution in [-0.4, -0.2) is 55.8 Å². The number of ether oxygens (including phenoxy) is 2. The first-order chi connectivity index (χ1) is 9.47. The SMILES string of the molecule is CC(CO)OC(O)c1cnc(C(O)OC(C)CO)cn1. The van der Waals surface area contributed by atoms with Crippen LogP contribution in [-0.2, 0) is 9.47 Å².